The lowest BCUT2D eigenvalue weighted by molar-refractivity contribution is 0.0948. The molecule has 0 aliphatic heterocycles. The van der Waals surface area contributed by atoms with Crippen LogP contribution in [-0.2, 0) is 12.3 Å². The van der Waals surface area contributed by atoms with Crippen LogP contribution in [-0.4, -0.2) is 49.3 Å². The molecule has 182 valence electrons. The summed E-state index contributed by atoms with van der Waals surface area (Å²) in [4.78, 5) is 16.1. The van der Waals surface area contributed by atoms with Crippen molar-refractivity contribution < 1.29 is 18.8 Å². The second-order valence-electron chi connectivity index (χ2n) is 7.76. The molecule has 8 heteroatoms. The first-order chi connectivity index (χ1) is 16.5. The standard InChI is InChI=1S/C26H33N3O4S/c1-5-29(6-2)13-14-32-23-12-11-20(16-24(23)31-4)17-27-26(30)22-9-7-8-10-25(22)34-18-21-15-19(3)28-33-21/h7-12,15-16H,5-6,13-14,17-18H2,1-4H3,(H,27,30). The number of aromatic nitrogens is 1. The van der Waals surface area contributed by atoms with E-state index in [0.29, 0.717) is 36.0 Å². The van der Waals surface area contributed by atoms with Gasteiger partial charge in [-0.2, -0.15) is 0 Å². The molecule has 3 aromatic rings. The number of likely N-dealkylation sites (N-methyl/N-ethyl adjacent to an activating group) is 1. The van der Waals surface area contributed by atoms with Crippen LogP contribution < -0.4 is 14.8 Å². The van der Waals surface area contributed by atoms with E-state index in [0.717, 1.165) is 41.5 Å². The van der Waals surface area contributed by atoms with Gasteiger partial charge in [-0.25, -0.2) is 0 Å². The maximum absolute atomic E-state index is 12.9. The number of amides is 1. The van der Waals surface area contributed by atoms with Gasteiger partial charge in [-0.05, 0) is 49.8 Å². The number of hydrogen-bond acceptors (Lipinski definition) is 7. The molecule has 1 amide bonds. The fraction of sp³-hybridized carbons (Fsp3) is 0.385. The van der Waals surface area contributed by atoms with Crippen LogP contribution in [0.1, 0.15) is 41.2 Å². The Morgan fingerprint density at radius 1 is 1.12 bits per heavy atom. The number of hydrogen-bond donors (Lipinski definition) is 1. The van der Waals surface area contributed by atoms with Gasteiger partial charge in [-0.1, -0.05) is 37.2 Å². The quantitative estimate of drug-likeness (QED) is 0.345. The number of aryl methyl sites for hydroxylation is 1. The highest BCUT2D eigenvalue weighted by Crippen LogP contribution is 2.29. The lowest BCUT2D eigenvalue weighted by Crippen LogP contribution is -2.28. The third-order valence-electron chi connectivity index (χ3n) is 5.42. The fourth-order valence-corrected chi connectivity index (χ4v) is 4.38. The molecule has 0 radical (unpaired) electrons. The SMILES string of the molecule is CCN(CC)CCOc1ccc(CNC(=O)c2ccccc2SCc2cc(C)no2)cc1OC. The van der Waals surface area contributed by atoms with Gasteiger partial charge < -0.3 is 24.2 Å². The van der Waals surface area contributed by atoms with E-state index in [9.17, 15) is 4.79 Å². The fourth-order valence-electron chi connectivity index (χ4n) is 3.46. The summed E-state index contributed by atoms with van der Waals surface area (Å²) in [7, 11) is 1.62. The summed E-state index contributed by atoms with van der Waals surface area (Å²) in [6.45, 7) is 10.0. The molecule has 2 aromatic carbocycles. The van der Waals surface area contributed by atoms with E-state index in [4.69, 9.17) is 14.0 Å². The van der Waals surface area contributed by atoms with Gasteiger partial charge in [0.2, 0.25) is 0 Å². The topological polar surface area (TPSA) is 76.8 Å². The van der Waals surface area contributed by atoms with Gasteiger partial charge in [-0.15, -0.1) is 11.8 Å². The van der Waals surface area contributed by atoms with Crippen LogP contribution in [0.4, 0.5) is 0 Å². The minimum Gasteiger partial charge on any atom is -0.493 e. The first-order valence-corrected chi connectivity index (χ1v) is 12.5. The number of ether oxygens (including phenoxy) is 2. The van der Waals surface area contributed by atoms with E-state index in [1.54, 1.807) is 18.9 Å². The van der Waals surface area contributed by atoms with E-state index < -0.39 is 0 Å². The summed E-state index contributed by atoms with van der Waals surface area (Å²) in [5, 5.41) is 6.92. The normalized spacial score (nSPS) is 11.0. The van der Waals surface area contributed by atoms with Crippen LogP contribution >= 0.6 is 11.8 Å². The zero-order valence-corrected chi connectivity index (χ0v) is 21.1. The summed E-state index contributed by atoms with van der Waals surface area (Å²) in [5.41, 5.74) is 2.41. The average molecular weight is 484 g/mol. The van der Waals surface area contributed by atoms with E-state index in [2.05, 4.69) is 29.2 Å². The number of carbonyl (C=O) groups excluding carboxylic acids is 1. The molecule has 1 aromatic heterocycles. The Kier molecular flexibility index (Phi) is 9.85. The third kappa shape index (κ3) is 7.27. The molecule has 0 aliphatic rings. The lowest BCUT2D eigenvalue weighted by Gasteiger charge is -2.19. The minimum absolute atomic E-state index is 0.129. The molecule has 0 fully saturated rings. The Labute approximate surface area is 205 Å². The van der Waals surface area contributed by atoms with Gasteiger partial charge in [0.05, 0.1) is 24.1 Å². The van der Waals surface area contributed by atoms with Gasteiger partial charge in [0, 0.05) is 24.1 Å². The number of carbonyl (C=O) groups is 1. The number of benzene rings is 2. The summed E-state index contributed by atoms with van der Waals surface area (Å²) < 4.78 is 16.7. The maximum atomic E-state index is 12.9. The zero-order valence-electron chi connectivity index (χ0n) is 20.3. The Balaban J connectivity index is 1.58. The third-order valence-corrected chi connectivity index (χ3v) is 6.51. The van der Waals surface area contributed by atoms with Gasteiger partial charge in [0.1, 0.15) is 12.4 Å². The van der Waals surface area contributed by atoms with Crippen LogP contribution in [0.5, 0.6) is 11.5 Å². The lowest BCUT2D eigenvalue weighted by atomic mass is 10.1. The van der Waals surface area contributed by atoms with Gasteiger partial charge >= 0.3 is 0 Å². The minimum atomic E-state index is -0.129. The molecule has 0 spiro atoms. The van der Waals surface area contributed by atoms with Crippen molar-refractivity contribution >= 4 is 17.7 Å². The molecule has 0 saturated heterocycles. The smallest absolute Gasteiger partial charge is 0.252 e. The average Bonchev–Trinajstić information content (AvgIpc) is 3.29. The molecule has 1 N–H and O–H groups in total. The summed E-state index contributed by atoms with van der Waals surface area (Å²) in [5.74, 6) is 2.62. The van der Waals surface area contributed by atoms with Crippen molar-refractivity contribution in [2.24, 2.45) is 0 Å². The summed E-state index contributed by atoms with van der Waals surface area (Å²) >= 11 is 1.55. The molecule has 0 unspecified atom stereocenters. The largest absolute Gasteiger partial charge is 0.493 e. The molecule has 0 saturated carbocycles. The van der Waals surface area contributed by atoms with Crippen LogP contribution in [0.15, 0.2) is 57.9 Å². The van der Waals surface area contributed by atoms with Crippen molar-refractivity contribution in [2.45, 2.75) is 38.0 Å². The second-order valence-corrected chi connectivity index (χ2v) is 8.78. The van der Waals surface area contributed by atoms with Crippen molar-refractivity contribution in [2.75, 3.05) is 33.4 Å². The van der Waals surface area contributed by atoms with Crippen molar-refractivity contribution in [3.63, 3.8) is 0 Å². The van der Waals surface area contributed by atoms with Crippen molar-refractivity contribution in [1.29, 1.82) is 0 Å². The Morgan fingerprint density at radius 3 is 2.62 bits per heavy atom. The van der Waals surface area contributed by atoms with Gasteiger partial charge in [-0.3, -0.25) is 4.79 Å². The molecular weight excluding hydrogens is 450 g/mol. The summed E-state index contributed by atoms with van der Waals surface area (Å²) in [6.07, 6.45) is 0. The number of thioether (sulfide) groups is 1. The molecule has 34 heavy (non-hydrogen) atoms. The van der Waals surface area contributed by atoms with E-state index >= 15 is 0 Å². The van der Waals surface area contributed by atoms with Crippen LogP contribution in [0.2, 0.25) is 0 Å². The van der Waals surface area contributed by atoms with E-state index in [1.807, 2.05) is 55.5 Å². The highest BCUT2D eigenvalue weighted by molar-refractivity contribution is 7.98. The molecular formula is C26H33N3O4S. The maximum Gasteiger partial charge on any atom is 0.252 e. The van der Waals surface area contributed by atoms with Gasteiger partial charge in [0.15, 0.2) is 11.5 Å². The molecule has 3 rings (SSSR count). The van der Waals surface area contributed by atoms with Crippen molar-refractivity contribution in [3.05, 3.63) is 71.1 Å². The Hall–Kier alpha value is -2.97. The van der Waals surface area contributed by atoms with Crippen LogP contribution in [0, 0.1) is 6.92 Å². The van der Waals surface area contributed by atoms with Crippen LogP contribution in [0.25, 0.3) is 0 Å². The molecule has 1 heterocycles. The number of nitrogens with zero attached hydrogens (tertiary/aromatic N) is 2. The predicted octanol–water partition coefficient (Wildman–Crippen LogP) is 4.93. The van der Waals surface area contributed by atoms with E-state index in [-0.39, 0.29) is 5.91 Å². The predicted molar refractivity (Wildman–Crippen MR) is 135 cm³/mol. The summed E-state index contributed by atoms with van der Waals surface area (Å²) in [6, 6.07) is 15.2. The number of methoxy groups -OCH3 is 1. The monoisotopic (exact) mass is 483 g/mol. The number of rotatable bonds is 13. The Morgan fingerprint density at radius 2 is 1.91 bits per heavy atom. The van der Waals surface area contributed by atoms with Crippen LogP contribution in [0.3, 0.4) is 0 Å². The van der Waals surface area contributed by atoms with Gasteiger partial charge in [0.25, 0.3) is 5.91 Å². The molecule has 7 nitrogen and oxygen atoms in total. The highest BCUT2D eigenvalue weighted by Gasteiger charge is 2.13. The van der Waals surface area contributed by atoms with Crippen molar-refractivity contribution in [3.8, 4) is 11.5 Å². The molecule has 0 bridgehead atoms. The zero-order chi connectivity index (χ0) is 24.3. The van der Waals surface area contributed by atoms with E-state index in [1.165, 1.54) is 0 Å². The first kappa shape index (κ1) is 25.6. The molecule has 0 aliphatic carbocycles. The first-order valence-electron chi connectivity index (χ1n) is 11.5. The Bertz CT molecular complexity index is 1070. The number of nitrogens with one attached hydrogen (secondary N) is 1. The molecule has 0 atom stereocenters. The van der Waals surface area contributed by atoms with Crippen molar-refractivity contribution in [1.82, 2.24) is 15.4 Å². The highest BCUT2D eigenvalue weighted by atomic mass is 32.2. The second kappa shape index (κ2) is 13.1.